The number of furan rings is 1. The van der Waals surface area contributed by atoms with Gasteiger partial charge in [0.2, 0.25) is 0 Å². The van der Waals surface area contributed by atoms with Gasteiger partial charge < -0.3 is 10.2 Å². The SMILES string of the molecule is CC(/C=C/c1ccco1)=N/NC(N)=S. The van der Waals surface area contributed by atoms with Crippen molar-refractivity contribution in [2.24, 2.45) is 10.8 Å². The van der Waals surface area contributed by atoms with Crippen molar-refractivity contribution in [2.75, 3.05) is 0 Å². The first-order chi connectivity index (χ1) is 6.68. The summed E-state index contributed by atoms with van der Waals surface area (Å²) in [6, 6.07) is 3.67. The quantitative estimate of drug-likeness (QED) is 0.450. The maximum Gasteiger partial charge on any atom is 0.184 e. The van der Waals surface area contributed by atoms with Crippen LogP contribution in [0.15, 0.2) is 34.0 Å². The Morgan fingerprint density at radius 1 is 1.71 bits per heavy atom. The van der Waals surface area contributed by atoms with Gasteiger partial charge in [-0.05, 0) is 43.4 Å². The van der Waals surface area contributed by atoms with Gasteiger partial charge in [0.05, 0.1) is 12.0 Å². The number of hydrazone groups is 1. The lowest BCUT2D eigenvalue weighted by molar-refractivity contribution is 0.557. The molecule has 0 aliphatic rings. The Kier molecular flexibility index (Phi) is 3.87. The molecule has 0 bridgehead atoms. The van der Waals surface area contributed by atoms with E-state index in [1.165, 1.54) is 0 Å². The highest BCUT2D eigenvalue weighted by atomic mass is 32.1. The third-order valence-corrected chi connectivity index (χ3v) is 1.47. The Labute approximate surface area is 87.5 Å². The average molecular weight is 209 g/mol. The van der Waals surface area contributed by atoms with Crippen molar-refractivity contribution < 1.29 is 4.42 Å². The first kappa shape index (κ1) is 10.5. The lowest BCUT2D eigenvalue weighted by atomic mass is 10.3. The molecular formula is C9H11N3OS. The lowest BCUT2D eigenvalue weighted by Crippen LogP contribution is -2.24. The number of nitrogens with zero attached hydrogens (tertiary/aromatic N) is 1. The molecule has 0 spiro atoms. The molecule has 1 aromatic rings. The van der Waals surface area contributed by atoms with Crippen LogP contribution in [-0.4, -0.2) is 10.8 Å². The second kappa shape index (κ2) is 5.18. The number of rotatable bonds is 3. The molecule has 0 saturated heterocycles. The molecule has 0 fully saturated rings. The second-order valence-corrected chi connectivity index (χ2v) is 3.02. The first-order valence-corrected chi connectivity index (χ1v) is 4.40. The Balaban J connectivity index is 2.51. The van der Waals surface area contributed by atoms with Gasteiger partial charge in [0, 0.05) is 0 Å². The van der Waals surface area contributed by atoms with Gasteiger partial charge >= 0.3 is 0 Å². The van der Waals surface area contributed by atoms with Gasteiger partial charge in [0.1, 0.15) is 5.76 Å². The van der Waals surface area contributed by atoms with Gasteiger partial charge in [0.15, 0.2) is 5.11 Å². The molecule has 3 N–H and O–H groups in total. The van der Waals surface area contributed by atoms with Crippen molar-refractivity contribution in [1.29, 1.82) is 0 Å². The van der Waals surface area contributed by atoms with Gasteiger partial charge in [-0.3, -0.25) is 5.43 Å². The minimum absolute atomic E-state index is 0.149. The van der Waals surface area contributed by atoms with Crippen LogP contribution in [0.1, 0.15) is 12.7 Å². The van der Waals surface area contributed by atoms with E-state index in [1.54, 1.807) is 18.4 Å². The smallest absolute Gasteiger partial charge is 0.184 e. The summed E-state index contributed by atoms with van der Waals surface area (Å²) in [7, 11) is 0. The van der Waals surface area contributed by atoms with Crippen LogP contribution >= 0.6 is 12.2 Å². The fraction of sp³-hybridized carbons (Fsp3) is 0.111. The van der Waals surface area contributed by atoms with E-state index in [9.17, 15) is 0 Å². The van der Waals surface area contributed by atoms with Crippen molar-refractivity contribution in [1.82, 2.24) is 5.43 Å². The summed E-state index contributed by atoms with van der Waals surface area (Å²) >= 11 is 4.59. The summed E-state index contributed by atoms with van der Waals surface area (Å²) in [4.78, 5) is 0. The van der Waals surface area contributed by atoms with Crippen molar-refractivity contribution in [2.45, 2.75) is 6.92 Å². The maximum absolute atomic E-state index is 5.20. The van der Waals surface area contributed by atoms with Crippen LogP contribution < -0.4 is 11.2 Å². The van der Waals surface area contributed by atoms with Crippen LogP contribution in [0.2, 0.25) is 0 Å². The van der Waals surface area contributed by atoms with E-state index in [-0.39, 0.29) is 5.11 Å². The minimum atomic E-state index is 0.149. The number of nitrogens with one attached hydrogen (secondary N) is 1. The van der Waals surface area contributed by atoms with E-state index >= 15 is 0 Å². The highest BCUT2D eigenvalue weighted by molar-refractivity contribution is 7.80. The predicted octanol–water partition coefficient (Wildman–Crippen LogP) is 1.50. The summed E-state index contributed by atoms with van der Waals surface area (Å²) in [5.41, 5.74) is 8.45. The van der Waals surface area contributed by atoms with E-state index in [2.05, 4.69) is 22.7 Å². The molecule has 0 aliphatic carbocycles. The standard InChI is InChI=1S/C9H11N3OS/c1-7(11-12-9(10)14)4-5-8-3-2-6-13-8/h2-6H,1H3,(H3,10,12,14)/b5-4+,11-7-. The van der Waals surface area contributed by atoms with E-state index in [4.69, 9.17) is 10.2 Å². The zero-order valence-electron chi connectivity index (χ0n) is 7.73. The topological polar surface area (TPSA) is 63.5 Å². The van der Waals surface area contributed by atoms with Crippen LogP contribution in [0, 0.1) is 0 Å². The van der Waals surface area contributed by atoms with Crippen LogP contribution in [-0.2, 0) is 0 Å². The lowest BCUT2D eigenvalue weighted by Gasteiger charge is -1.95. The molecule has 0 saturated carbocycles. The molecule has 1 rings (SSSR count). The Bertz CT molecular complexity index is 354. The molecule has 0 amide bonds. The van der Waals surface area contributed by atoms with Gasteiger partial charge in [-0.15, -0.1) is 0 Å². The molecule has 1 aromatic heterocycles. The van der Waals surface area contributed by atoms with Crippen LogP contribution in [0.3, 0.4) is 0 Å². The predicted molar refractivity (Wildman–Crippen MR) is 60.8 cm³/mol. The van der Waals surface area contributed by atoms with Crippen LogP contribution in [0.5, 0.6) is 0 Å². The molecule has 0 radical (unpaired) electrons. The van der Waals surface area contributed by atoms with Gasteiger partial charge in [-0.1, -0.05) is 0 Å². The number of nitrogens with two attached hydrogens (primary N) is 1. The molecule has 14 heavy (non-hydrogen) atoms. The molecule has 0 unspecified atom stereocenters. The van der Waals surface area contributed by atoms with E-state index in [0.717, 1.165) is 11.5 Å². The summed E-state index contributed by atoms with van der Waals surface area (Å²) < 4.78 is 5.10. The Morgan fingerprint density at radius 2 is 2.50 bits per heavy atom. The summed E-state index contributed by atoms with van der Waals surface area (Å²) in [5.74, 6) is 0.773. The molecule has 0 atom stereocenters. The van der Waals surface area contributed by atoms with Gasteiger partial charge in [-0.25, -0.2) is 0 Å². The fourth-order valence-electron chi connectivity index (χ4n) is 0.769. The highest BCUT2D eigenvalue weighted by Crippen LogP contribution is 2.01. The molecular weight excluding hydrogens is 198 g/mol. The van der Waals surface area contributed by atoms with Crippen molar-refractivity contribution in [3.8, 4) is 0 Å². The van der Waals surface area contributed by atoms with Crippen molar-refractivity contribution in [3.05, 3.63) is 30.2 Å². The van der Waals surface area contributed by atoms with E-state index in [1.807, 2.05) is 19.1 Å². The molecule has 0 aliphatic heterocycles. The van der Waals surface area contributed by atoms with Crippen LogP contribution in [0.4, 0.5) is 0 Å². The third-order valence-electron chi connectivity index (χ3n) is 1.37. The Morgan fingerprint density at radius 3 is 3.07 bits per heavy atom. The monoisotopic (exact) mass is 209 g/mol. The van der Waals surface area contributed by atoms with Gasteiger partial charge in [-0.2, -0.15) is 5.10 Å². The second-order valence-electron chi connectivity index (χ2n) is 2.58. The minimum Gasteiger partial charge on any atom is -0.465 e. The van der Waals surface area contributed by atoms with Crippen molar-refractivity contribution in [3.63, 3.8) is 0 Å². The zero-order valence-corrected chi connectivity index (χ0v) is 8.54. The van der Waals surface area contributed by atoms with Crippen LogP contribution in [0.25, 0.3) is 6.08 Å². The largest absolute Gasteiger partial charge is 0.465 e. The van der Waals surface area contributed by atoms with E-state index in [0.29, 0.717) is 0 Å². The Hall–Kier alpha value is -1.62. The van der Waals surface area contributed by atoms with E-state index < -0.39 is 0 Å². The summed E-state index contributed by atoms with van der Waals surface area (Å²) in [6.07, 6.45) is 5.21. The molecule has 4 nitrogen and oxygen atoms in total. The highest BCUT2D eigenvalue weighted by Gasteiger charge is 1.88. The number of hydrogen-bond acceptors (Lipinski definition) is 3. The normalized spacial score (nSPS) is 11.9. The molecule has 1 heterocycles. The zero-order chi connectivity index (χ0) is 10.4. The number of hydrogen-bond donors (Lipinski definition) is 2. The number of allylic oxidation sites excluding steroid dienone is 1. The molecule has 5 heteroatoms. The van der Waals surface area contributed by atoms with Crippen molar-refractivity contribution >= 4 is 29.1 Å². The third kappa shape index (κ3) is 3.86. The summed E-state index contributed by atoms with van der Waals surface area (Å²) in [6.45, 7) is 1.82. The summed E-state index contributed by atoms with van der Waals surface area (Å²) in [5, 5.41) is 4.04. The first-order valence-electron chi connectivity index (χ1n) is 4.00. The van der Waals surface area contributed by atoms with Gasteiger partial charge in [0.25, 0.3) is 0 Å². The fourth-order valence-corrected chi connectivity index (χ4v) is 0.815. The molecule has 74 valence electrons. The number of thiocarbonyl (C=S) groups is 1. The average Bonchev–Trinajstić information content (AvgIpc) is 2.63. The maximum atomic E-state index is 5.20. The molecule has 0 aromatic carbocycles.